The third-order valence-corrected chi connectivity index (χ3v) is 21.4. The molecule has 1 N–H and O–H groups in total. The molecule has 0 aliphatic heterocycles. The monoisotopic (exact) mass is 2280 g/mol. The average molecular weight is 2290 g/mol. The molecule has 7 heterocycles. The van der Waals surface area contributed by atoms with Gasteiger partial charge in [-0.05, 0) is 253 Å². The van der Waals surface area contributed by atoms with Crippen molar-refractivity contribution in [1.82, 2.24) is 105 Å². The van der Waals surface area contributed by atoms with Crippen molar-refractivity contribution in [3.8, 4) is 0 Å². The fraction of sp³-hybridized carbons (Fsp3) is 0.533. The van der Waals surface area contributed by atoms with Crippen molar-refractivity contribution in [1.29, 1.82) is 0 Å². The molecule has 128 heavy (non-hydrogen) atoms. The number of aromatic nitrogens is 21. The van der Waals surface area contributed by atoms with E-state index in [1.165, 1.54) is 217 Å². The zero-order chi connectivity index (χ0) is 92.0. The Morgan fingerprint density at radius 1 is 0.289 bits per heavy atom. The van der Waals surface area contributed by atoms with E-state index in [0.29, 0.717) is 21.5 Å². The van der Waals surface area contributed by atoms with E-state index in [4.69, 9.17) is 206 Å². The average Bonchev–Trinajstić information content (AvgIpc) is 0.879. The van der Waals surface area contributed by atoms with Gasteiger partial charge in [0.05, 0.1) is 0 Å². The van der Waals surface area contributed by atoms with E-state index >= 15 is 0 Å². The quantitative estimate of drug-likeness (QED) is 0.00681. The molecular weight excluding hydrogens is 2190 g/mol. The zero-order valence-electron chi connectivity index (χ0n) is 74.4. The van der Waals surface area contributed by atoms with Crippen LogP contribution in [0.15, 0.2) is 86.2 Å². The summed E-state index contributed by atoms with van der Waals surface area (Å²) >= 11 is 98.6. The predicted octanol–water partition coefficient (Wildman–Crippen LogP) is 15.3. The van der Waals surface area contributed by atoms with Gasteiger partial charge in [-0.1, -0.05) is 279 Å². The fourth-order valence-electron chi connectivity index (χ4n) is 9.15. The van der Waals surface area contributed by atoms with Gasteiger partial charge < -0.3 is 28.5 Å². The van der Waals surface area contributed by atoms with E-state index in [1.54, 1.807) is 35.3 Å². The molecule has 0 aliphatic carbocycles. The number of hydrogen-bond acceptors (Lipinski definition) is 33. The Morgan fingerprint density at radius 3 is 0.727 bits per heavy atom. The van der Waals surface area contributed by atoms with Crippen LogP contribution in [0.5, 0.6) is 0 Å². The minimum absolute atomic E-state index is 0. The van der Waals surface area contributed by atoms with Crippen LogP contribution in [-0.4, -0.2) is 141 Å². The molecular formula is C75H100Cl16K4N22O6S5. The summed E-state index contributed by atoms with van der Waals surface area (Å²) in [5.74, 6) is 4.53. The molecule has 692 valence electrons. The van der Waals surface area contributed by atoms with E-state index in [-0.39, 0.29) is 301 Å². The Labute approximate surface area is 1030 Å². The number of nitrogens with one attached hydrogen (secondary N) is 1. The molecule has 0 spiro atoms. The SMILES string of the molecule is CCCCCCCCCCS.CCCCCCCCCCSc1nc(Cl)nc(Cl)n1.CCCCCCCCCCSc1nc(Cl)nc(SCCCCCCCCCC)n1.Clc1nc(Cl)nc(Cl)n1.Clc1nc(Cl)nc(Cl)n1.Clc1nc(Cl)nc(Cl)n1.Clc1nc(Cl)nc(Nc2ccccc2)n1.Clc1nc(Cl)nc(Sc2ccccc2)n1.O=CO[O-].O=CO[O-].[H-].[H-].[K+].[K+].[K+].[K+]. The number of nitrogens with zero attached hydrogens (tertiary/aromatic N) is 21. The van der Waals surface area contributed by atoms with Gasteiger partial charge >= 0.3 is 206 Å². The van der Waals surface area contributed by atoms with Crippen LogP contribution in [0.4, 0.5) is 11.6 Å². The Balaban J connectivity index is -0.000000268. The van der Waals surface area contributed by atoms with Crippen molar-refractivity contribution in [3.05, 3.63) is 145 Å². The molecule has 0 fully saturated rings. The van der Waals surface area contributed by atoms with Gasteiger partial charge in [-0.15, -0.1) is 0 Å². The maximum atomic E-state index is 8.64. The molecule has 0 amide bonds. The van der Waals surface area contributed by atoms with Gasteiger partial charge in [0.25, 0.3) is 12.9 Å². The molecule has 0 aliphatic rings. The van der Waals surface area contributed by atoms with Gasteiger partial charge in [-0.3, -0.25) is 9.59 Å². The molecule has 28 nitrogen and oxygen atoms in total. The van der Waals surface area contributed by atoms with Gasteiger partial charge in [0.1, 0.15) is 0 Å². The van der Waals surface area contributed by atoms with Gasteiger partial charge in [0, 0.05) is 27.8 Å². The third-order valence-electron chi connectivity index (χ3n) is 14.7. The first-order valence-corrected chi connectivity index (χ1v) is 49.5. The first kappa shape index (κ1) is 140. The Morgan fingerprint density at radius 2 is 0.484 bits per heavy atom. The summed E-state index contributed by atoms with van der Waals surface area (Å²) in [4.78, 5) is 103. The molecule has 7 aromatic heterocycles. The van der Waals surface area contributed by atoms with Crippen molar-refractivity contribution >= 4 is 270 Å². The van der Waals surface area contributed by atoms with Crippen LogP contribution >= 0.6 is 245 Å². The fourth-order valence-corrected chi connectivity index (χ4v) is 16.1. The van der Waals surface area contributed by atoms with Gasteiger partial charge in [0.2, 0.25) is 90.5 Å². The second-order valence-electron chi connectivity index (χ2n) is 24.6. The third kappa shape index (κ3) is 89.2. The number of thioether (sulfide) groups is 3. The zero-order valence-corrected chi connectivity index (χ0v) is 101. The number of anilines is 2. The number of para-hydroxylation sites is 1. The van der Waals surface area contributed by atoms with Crippen molar-refractivity contribution in [2.45, 2.75) is 259 Å². The van der Waals surface area contributed by atoms with Crippen molar-refractivity contribution in [3.63, 3.8) is 0 Å². The molecule has 53 heteroatoms. The van der Waals surface area contributed by atoms with Gasteiger partial charge in [-0.2, -0.15) is 117 Å². The van der Waals surface area contributed by atoms with Crippen molar-refractivity contribution in [2.75, 3.05) is 28.3 Å². The Bertz CT molecular complexity index is 3750. The normalized spacial score (nSPS) is 9.80. The second kappa shape index (κ2) is 98.9. The number of carbonyl (C=O) groups is 2. The number of carbonyl (C=O) groups excluding carboxylic acids is 2. The van der Waals surface area contributed by atoms with Crippen molar-refractivity contribution in [2.24, 2.45) is 0 Å². The Kier molecular flexibility index (Phi) is 108. The summed E-state index contributed by atoms with van der Waals surface area (Å²) in [6.45, 7) is 8.69. The minimum atomic E-state index is -0.181. The minimum Gasteiger partial charge on any atom is -1.00 e. The molecule has 0 unspecified atom stereocenters. The molecule has 2 aromatic carbocycles. The largest absolute Gasteiger partial charge is 1.00 e. The number of hydrogen-bond donors (Lipinski definition) is 2. The van der Waals surface area contributed by atoms with Crippen LogP contribution in [0.3, 0.4) is 0 Å². The van der Waals surface area contributed by atoms with Crippen molar-refractivity contribution < 1.29 is 238 Å². The maximum Gasteiger partial charge on any atom is 1.00 e. The van der Waals surface area contributed by atoms with E-state index < -0.39 is 0 Å². The standard InChI is InChI=1S/C23H42ClN3S2.C13H21Cl2N3S.C10H22S.C9H6Cl2N4.C9H5Cl2N3S.3C3Cl3N3.2CH2O3.4K.2H/c1-3-5-7-9-11-13-15-17-19-28-22-25-21(24)26-23(27-22)29-20-18-16-14-12-10-8-6-4-2;1-2-3-4-5-6-7-8-9-10-19-13-17-11(14)16-12(15)18-13;1-2-3-4-5-6-7-8-9-10-11;10-7-13-8(11)15-9(14-7)12-6-4-2-1-3-5-6;10-7-12-8(11)14-9(13-7)15-6-4-2-1-3-5-6;3*4-1-7-2(5)9-3(6)8-1;2*2-1-4-3;;;;;;/h3-20H2,1-2H3;2-10H2,1H3;11H,2-10H2,1H3;1-5H,(H,12,13,14,15);1-5H;;;;2*1,3H;;;;;;/q;;;;;;;;;;4*+1;2*-1/p-2. The first-order chi connectivity index (χ1) is 59.7. The summed E-state index contributed by atoms with van der Waals surface area (Å²) in [5.41, 5.74) is 0.857. The summed E-state index contributed by atoms with van der Waals surface area (Å²) < 4.78 is 0. The summed E-state index contributed by atoms with van der Waals surface area (Å²) in [6.07, 6.45) is 43.3. The maximum absolute atomic E-state index is 8.64. The van der Waals surface area contributed by atoms with E-state index in [0.717, 1.165) is 43.9 Å². The van der Waals surface area contributed by atoms with Crippen LogP contribution in [-0.2, 0) is 19.4 Å². The van der Waals surface area contributed by atoms with Gasteiger partial charge in [-0.25, -0.2) is 0 Å². The molecule has 0 radical (unpaired) electrons. The Hall–Kier alpha value is 3.11. The number of rotatable bonds is 44. The summed E-state index contributed by atoms with van der Waals surface area (Å²) in [6, 6.07) is 19.2. The van der Waals surface area contributed by atoms with E-state index in [2.05, 4.69) is 160 Å². The molecule has 0 saturated heterocycles. The molecule has 0 bridgehead atoms. The van der Waals surface area contributed by atoms with E-state index in [9.17, 15) is 0 Å². The molecule has 0 atom stereocenters. The van der Waals surface area contributed by atoms with Crippen LogP contribution < -0.4 is 221 Å². The molecule has 9 aromatic rings. The van der Waals surface area contributed by atoms with Crippen LogP contribution in [0.25, 0.3) is 0 Å². The predicted molar refractivity (Wildman–Crippen MR) is 512 cm³/mol. The number of benzene rings is 2. The summed E-state index contributed by atoms with van der Waals surface area (Å²) in [7, 11) is 0. The van der Waals surface area contributed by atoms with Gasteiger partial charge in [0.15, 0.2) is 20.6 Å². The summed E-state index contributed by atoms with van der Waals surface area (Å²) in [5, 5.41) is 23.5. The number of thiol groups is 1. The smallest absolute Gasteiger partial charge is 1.00 e. The second-order valence-corrected chi connectivity index (χ2v) is 34.6. The first-order valence-electron chi connectivity index (χ1n) is 39.0. The van der Waals surface area contributed by atoms with Crippen LogP contribution in [0, 0.1) is 0 Å². The number of unbranched alkanes of at least 4 members (excludes halogenated alkanes) is 28. The topological polar surface area (TPSA) is 381 Å². The molecule has 0 saturated carbocycles. The van der Waals surface area contributed by atoms with Crippen LogP contribution in [0.2, 0.25) is 84.5 Å². The molecule has 9 rings (SSSR count). The number of halogens is 16. The van der Waals surface area contributed by atoms with E-state index in [1.807, 2.05) is 60.7 Å². The van der Waals surface area contributed by atoms with Crippen LogP contribution in [0.1, 0.15) is 236 Å².